The Bertz CT molecular complexity index is 455. The Morgan fingerprint density at radius 2 is 1.89 bits per heavy atom. The molecule has 1 aliphatic carbocycles. The second-order valence-corrected chi connectivity index (χ2v) is 5.50. The highest BCUT2D eigenvalue weighted by atomic mass is 16.2. The van der Waals surface area contributed by atoms with E-state index in [4.69, 9.17) is 0 Å². The predicted octanol–water partition coefficient (Wildman–Crippen LogP) is 1.23. The van der Waals surface area contributed by atoms with Crippen molar-refractivity contribution in [2.45, 2.75) is 26.2 Å². The fourth-order valence-corrected chi connectivity index (χ4v) is 2.48. The lowest BCUT2D eigenvalue weighted by atomic mass is 10.3. The zero-order chi connectivity index (χ0) is 13.2. The minimum absolute atomic E-state index is 0.321. The predicted molar refractivity (Wildman–Crippen MR) is 72.9 cm³/mol. The van der Waals surface area contributed by atoms with Crippen LogP contribution < -0.4 is 4.90 Å². The van der Waals surface area contributed by atoms with E-state index in [9.17, 15) is 4.79 Å². The molecule has 2 heterocycles. The van der Waals surface area contributed by atoms with Gasteiger partial charge in [0, 0.05) is 44.5 Å². The van der Waals surface area contributed by atoms with Crippen LogP contribution in [-0.4, -0.2) is 47.0 Å². The first-order valence-corrected chi connectivity index (χ1v) is 7.06. The number of carbonyl (C=O) groups excluding carboxylic acids is 1. The molecule has 102 valence electrons. The van der Waals surface area contributed by atoms with Crippen molar-refractivity contribution in [2.24, 2.45) is 5.92 Å². The quantitative estimate of drug-likeness (QED) is 0.802. The van der Waals surface area contributed by atoms with Crippen LogP contribution in [0.1, 0.15) is 24.8 Å². The fraction of sp³-hybridized carbons (Fsp3) is 0.643. The molecule has 19 heavy (non-hydrogen) atoms. The maximum atomic E-state index is 12.1. The van der Waals surface area contributed by atoms with E-state index in [1.54, 1.807) is 0 Å². The summed E-state index contributed by atoms with van der Waals surface area (Å²) in [7, 11) is 0. The van der Waals surface area contributed by atoms with Gasteiger partial charge < -0.3 is 9.80 Å². The fourth-order valence-electron chi connectivity index (χ4n) is 2.48. The van der Waals surface area contributed by atoms with Gasteiger partial charge in [-0.05, 0) is 31.7 Å². The molecule has 3 rings (SSSR count). The second-order valence-electron chi connectivity index (χ2n) is 5.50. The molecule has 2 aliphatic rings. The van der Waals surface area contributed by atoms with Gasteiger partial charge in [-0.25, -0.2) is 9.97 Å². The van der Waals surface area contributed by atoms with Gasteiger partial charge in [-0.15, -0.1) is 0 Å². The maximum Gasteiger partial charge on any atom is 0.225 e. The van der Waals surface area contributed by atoms with E-state index in [1.165, 1.54) is 0 Å². The topological polar surface area (TPSA) is 49.3 Å². The number of rotatable bonds is 2. The van der Waals surface area contributed by atoms with E-state index >= 15 is 0 Å². The number of carbonyl (C=O) groups is 1. The number of nitrogens with zero attached hydrogens (tertiary/aromatic N) is 4. The molecule has 1 amide bonds. The number of aromatic nitrogens is 2. The van der Waals surface area contributed by atoms with Crippen molar-refractivity contribution in [1.29, 1.82) is 0 Å². The number of amides is 1. The van der Waals surface area contributed by atoms with Crippen LogP contribution >= 0.6 is 0 Å². The monoisotopic (exact) mass is 260 g/mol. The number of aryl methyl sites for hydroxylation is 1. The number of anilines is 1. The average Bonchev–Trinajstić information content (AvgIpc) is 3.26. The Morgan fingerprint density at radius 3 is 2.58 bits per heavy atom. The van der Waals surface area contributed by atoms with Gasteiger partial charge >= 0.3 is 0 Å². The van der Waals surface area contributed by atoms with Gasteiger partial charge in [0.05, 0.1) is 0 Å². The third-order valence-corrected chi connectivity index (χ3v) is 3.78. The summed E-state index contributed by atoms with van der Waals surface area (Å²) in [6, 6.07) is 0. The summed E-state index contributed by atoms with van der Waals surface area (Å²) < 4.78 is 0. The first-order chi connectivity index (χ1) is 9.24. The molecule has 5 nitrogen and oxygen atoms in total. The van der Waals surface area contributed by atoms with Gasteiger partial charge in [0.1, 0.15) is 0 Å². The molecule has 0 spiro atoms. The molecular weight excluding hydrogens is 240 g/mol. The van der Waals surface area contributed by atoms with Crippen molar-refractivity contribution >= 4 is 11.9 Å². The summed E-state index contributed by atoms with van der Waals surface area (Å²) in [6.45, 7) is 5.42. The Hall–Kier alpha value is -1.65. The molecule has 0 bridgehead atoms. The summed E-state index contributed by atoms with van der Waals surface area (Å²) >= 11 is 0. The summed E-state index contributed by atoms with van der Waals surface area (Å²) in [4.78, 5) is 25.0. The number of hydrogen-bond donors (Lipinski definition) is 0. The van der Waals surface area contributed by atoms with Gasteiger partial charge in [0.2, 0.25) is 11.9 Å². The van der Waals surface area contributed by atoms with Crippen molar-refractivity contribution in [1.82, 2.24) is 14.9 Å². The van der Waals surface area contributed by atoms with Crippen molar-refractivity contribution in [2.75, 3.05) is 31.1 Å². The zero-order valence-corrected chi connectivity index (χ0v) is 11.4. The lowest BCUT2D eigenvalue weighted by Gasteiger charge is -2.22. The van der Waals surface area contributed by atoms with E-state index in [2.05, 4.69) is 14.9 Å². The lowest BCUT2D eigenvalue weighted by molar-refractivity contribution is -0.132. The van der Waals surface area contributed by atoms with Crippen LogP contribution in [0.4, 0.5) is 5.95 Å². The van der Waals surface area contributed by atoms with Gasteiger partial charge in [0.25, 0.3) is 0 Å². The molecule has 1 saturated carbocycles. The average molecular weight is 260 g/mol. The molecule has 0 atom stereocenters. The highest BCUT2D eigenvalue weighted by Crippen LogP contribution is 2.31. The molecule has 2 fully saturated rings. The van der Waals surface area contributed by atoms with Crippen LogP contribution in [0.5, 0.6) is 0 Å². The van der Waals surface area contributed by atoms with E-state index in [0.29, 0.717) is 11.8 Å². The van der Waals surface area contributed by atoms with E-state index in [1.807, 2.05) is 24.2 Å². The Balaban J connectivity index is 1.63. The number of hydrogen-bond acceptors (Lipinski definition) is 4. The highest BCUT2D eigenvalue weighted by molar-refractivity contribution is 5.81. The van der Waals surface area contributed by atoms with Gasteiger partial charge in [-0.3, -0.25) is 4.79 Å². The Morgan fingerprint density at radius 1 is 1.16 bits per heavy atom. The standard InChI is InChI=1S/C14H20N4O/c1-11-9-15-14(16-10-11)18-6-2-5-17(7-8-18)13(19)12-3-4-12/h9-10,12H,2-8H2,1H3. The van der Waals surface area contributed by atoms with Crippen molar-refractivity contribution in [3.8, 4) is 0 Å². The summed E-state index contributed by atoms with van der Waals surface area (Å²) in [6.07, 6.45) is 6.86. The van der Waals surface area contributed by atoms with E-state index < -0.39 is 0 Å². The van der Waals surface area contributed by atoms with Crippen molar-refractivity contribution in [3.63, 3.8) is 0 Å². The Kier molecular flexibility index (Phi) is 3.36. The van der Waals surface area contributed by atoms with Crippen LogP contribution in [0.3, 0.4) is 0 Å². The molecule has 0 aromatic carbocycles. The van der Waals surface area contributed by atoms with Crippen LogP contribution in [0, 0.1) is 12.8 Å². The third-order valence-electron chi connectivity index (χ3n) is 3.78. The minimum Gasteiger partial charge on any atom is -0.341 e. The van der Waals surface area contributed by atoms with Crippen LogP contribution in [-0.2, 0) is 4.79 Å². The largest absolute Gasteiger partial charge is 0.341 e. The normalized spacial score (nSPS) is 20.3. The molecule has 0 N–H and O–H groups in total. The van der Waals surface area contributed by atoms with Gasteiger partial charge in [-0.1, -0.05) is 0 Å². The summed E-state index contributed by atoms with van der Waals surface area (Å²) in [5, 5.41) is 0. The molecule has 1 saturated heterocycles. The first kappa shape index (κ1) is 12.4. The van der Waals surface area contributed by atoms with Crippen LogP contribution in [0.25, 0.3) is 0 Å². The van der Waals surface area contributed by atoms with Crippen molar-refractivity contribution < 1.29 is 4.79 Å². The smallest absolute Gasteiger partial charge is 0.225 e. The minimum atomic E-state index is 0.321. The maximum absolute atomic E-state index is 12.1. The van der Waals surface area contributed by atoms with Crippen LogP contribution in [0.15, 0.2) is 12.4 Å². The van der Waals surface area contributed by atoms with E-state index in [-0.39, 0.29) is 0 Å². The third kappa shape index (κ3) is 2.85. The second kappa shape index (κ2) is 5.15. The molecule has 0 unspecified atom stereocenters. The summed E-state index contributed by atoms with van der Waals surface area (Å²) in [5.74, 6) is 1.46. The van der Waals surface area contributed by atoms with E-state index in [0.717, 1.165) is 57.0 Å². The molecule has 1 aromatic heterocycles. The lowest BCUT2D eigenvalue weighted by Crippen LogP contribution is -2.36. The Labute approximate surface area is 113 Å². The van der Waals surface area contributed by atoms with Crippen molar-refractivity contribution in [3.05, 3.63) is 18.0 Å². The SMILES string of the molecule is Cc1cnc(N2CCCN(C(=O)C3CC3)CC2)nc1. The molecule has 5 heteroatoms. The molecule has 1 aliphatic heterocycles. The van der Waals surface area contributed by atoms with Gasteiger partial charge in [-0.2, -0.15) is 0 Å². The first-order valence-electron chi connectivity index (χ1n) is 7.06. The summed E-state index contributed by atoms with van der Waals surface area (Å²) in [5.41, 5.74) is 1.07. The van der Waals surface area contributed by atoms with Gasteiger partial charge in [0.15, 0.2) is 0 Å². The molecular formula is C14H20N4O. The molecule has 0 radical (unpaired) electrons. The highest BCUT2D eigenvalue weighted by Gasteiger charge is 2.34. The molecule has 1 aromatic rings. The zero-order valence-electron chi connectivity index (χ0n) is 11.4. The van der Waals surface area contributed by atoms with Crippen LogP contribution in [0.2, 0.25) is 0 Å².